The number of allylic oxidation sites excluding steroid dienone is 1. The second-order valence-corrected chi connectivity index (χ2v) is 3.14. The van der Waals surface area contributed by atoms with E-state index in [0.29, 0.717) is 0 Å². The van der Waals surface area contributed by atoms with Gasteiger partial charge in [-0.15, -0.1) is 0 Å². The van der Waals surface area contributed by atoms with E-state index in [4.69, 9.17) is 5.11 Å². The summed E-state index contributed by atoms with van der Waals surface area (Å²) in [6.45, 7) is -0.556. The molecule has 0 amide bonds. The van der Waals surface area contributed by atoms with Crippen molar-refractivity contribution in [3.05, 3.63) is 11.5 Å². The van der Waals surface area contributed by atoms with E-state index in [1.165, 1.54) is 7.11 Å². The van der Waals surface area contributed by atoms with E-state index in [-0.39, 0.29) is 24.4 Å². The lowest BCUT2D eigenvalue weighted by molar-refractivity contribution is -0.128. The molecule has 5 nitrogen and oxygen atoms in total. The van der Waals surface area contributed by atoms with Crippen molar-refractivity contribution in [2.45, 2.75) is 18.4 Å². The quantitative estimate of drug-likeness (QED) is 0.543. The maximum Gasteiger partial charge on any atom is 0.203 e. The molecule has 1 rings (SSSR count). The van der Waals surface area contributed by atoms with E-state index < -0.39 is 18.0 Å². The van der Waals surface area contributed by atoms with Crippen molar-refractivity contribution in [2.75, 3.05) is 13.7 Å². The van der Waals surface area contributed by atoms with Crippen LogP contribution in [-0.4, -0.2) is 40.4 Å². The third kappa shape index (κ3) is 1.81. The highest BCUT2D eigenvalue weighted by Crippen LogP contribution is 2.28. The molecule has 1 aliphatic carbocycles. The van der Waals surface area contributed by atoms with Gasteiger partial charge in [-0.3, -0.25) is 4.79 Å². The van der Waals surface area contributed by atoms with Gasteiger partial charge < -0.3 is 20.1 Å². The molecule has 1 atom stereocenters. The van der Waals surface area contributed by atoms with Gasteiger partial charge in [0.15, 0.2) is 5.76 Å². The molecule has 0 aromatic rings. The maximum atomic E-state index is 11.2. The Morgan fingerprint density at radius 1 is 1.54 bits per heavy atom. The fourth-order valence-electron chi connectivity index (χ4n) is 1.34. The van der Waals surface area contributed by atoms with Crippen molar-refractivity contribution in [1.82, 2.24) is 0 Å². The molecule has 0 aromatic heterocycles. The first kappa shape index (κ1) is 10.0. The van der Waals surface area contributed by atoms with Crippen LogP contribution in [0.2, 0.25) is 0 Å². The number of ketones is 1. The van der Waals surface area contributed by atoms with Crippen LogP contribution in [0.15, 0.2) is 11.5 Å². The molecule has 3 N–H and O–H groups in total. The van der Waals surface area contributed by atoms with Crippen molar-refractivity contribution in [3.63, 3.8) is 0 Å². The van der Waals surface area contributed by atoms with Gasteiger partial charge in [0.2, 0.25) is 5.78 Å². The van der Waals surface area contributed by atoms with Crippen LogP contribution in [0.3, 0.4) is 0 Å². The SMILES string of the molecule is COC1=C(O)C[C@](O)(CO)CC1=O. The Hall–Kier alpha value is -1.07. The lowest BCUT2D eigenvalue weighted by Gasteiger charge is -2.29. The molecule has 0 unspecified atom stereocenters. The number of hydrogen-bond acceptors (Lipinski definition) is 5. The Balaban J connectivity index is 2.93. The summed E-state index contributed by atoms with van der Waals surface area (Å²) in [7, 11) is 1.27. The highest BCUT2D eigenvalue weighted by molar-refractivity contribution is 5.95. The smallest absolute Gasteiger partial charge is 0.203 e. The summed E-state index contributed by atoms with van der Waals surface area (Å²) >= 11 is 0. The van der Waals surface area contributed by atoms with Crippen LogP contribution in [0.25, 0.3) is 0 Å². The highest BCUT2D eigenvalue weighted by atomic mass is 16.5. The van der Waals surface area contributed by atoms with Crippen LogP contribution >= 0.6 is 0 Å². The van der Waals surface area contributed by atoms with Crippen LogP contribution < -0.4 is 0 Å². The Kier molecular flexibility index (Phi) is 2.58. The van der Waals surface area contributed by atoms with Crippen molar-refractivity contribution in [2.24, 2.45) is 0 Å². The molecule has 5 heteroatoms. The molecule has 0 radical (unpaired) electrons. The summed E-state index contributed by atoms with van der Waals surface area (Å²) in [6.07, 6.45) is -0.380. The number of aliphatic hydroxyl groups is 3. The molecule has 0 spiro atoms. The van der Waals surface area contributed by atoms with Crippen LogP contribution in [0, 0.1) is 0 Å². The van der Waals surface area contributed by atoms with Gasteiger partial charge in [0, 0.05) is 12.8 Å². The number of aliphatic hydroxyl groups excluding tert-OH is 2. The monoisotopic (exact) mass is 188 g/mol. The number of carbonyl (C=O) groups excluding carboxylic acids is 1. The van der Waals surface area contributed by atoms with Crippen LogP contribution in [0.5, 0.6) is 0 Å². The minimum absolute atomic E-state index is 0.127. The van der Waals surface area contributed by atoms with Crippen molar-refractivity contribution in [3.8, 4) is 0 Å². The predicted octanol–water partition coefficient (Wildman–Crippen LogP) is -0.511. The van der Waals surface area contributed by atoms with E-state index in [0.717, 1.165) is 0 Å². The average molecular weight is 188 g/mol. The van der Waals surface area contributed by atoms with Crippen LogP contribution in [0.4, 0.5) is 0 Å². The Morgan fingerprint density at radius 2 is 2.15 bits per heavy atom. The summed E-state index contributed by atoms with van der Waals surface area (Å²) < 4.78 is 4.64. The molecule has 0 bridgehead atoms. The van der Waals surface area contributed by atoms with Gasteiger partial charge in [0.25, 0.3) is 0 Å². The number of Topliss-reactive ketones (excluding diaryl/α,β-unsaturated/α-hetero) is 1. The first-order valence-corrected chi connectivity index (χ1v) is 3.85. The Morgan fingerprint density at radius 3 is 2.54 bits per heavy atom. The predicted molar refractivity (Wildman–Crippen MR) is 42.9 cm³/mol. The molecule has 0 fully saturated rings. The van der Waals surface area contributed by atoms with Gasteiger partial charge in [0.05, 0.1) is 13.7 Å². The van der Waals surface area contributed by atoms with E-state index in [1.807, 2.05) is 0 Å². The zero-order chi connectivity index (χ0) is 10.1. The molecule has 74 valence electrons. The molecule has 0 saturated carbocycles. The van der Waals surface area contributed by atoms with Gasteiger partial charge in [-0.1, -0.05) is 0 Å². The maximum absolute atomic E-state index is 11.2. The molecular weight excluding hydrogens is 176 g/mol. The highest BCUT2D eigenvalue weighted by Gasteiger charge is 2.38. The van der Waals surface area contributed by atoms with E-state index >= 15 is 0 Å². The topological polar surface area (TPSA) is 87.0 Å². The minimum Gasteiger partial charge on any atom is -0.508 e. The first-order valence-electron chi connectivity index (χ1n) is 3.85. The summed E-state index contributed by atoms with van der Waals surface area (Å²) in [6, 6.07) is 0. The van der Waals surface area contributed by atoms with Crippen molar-refractivity contribution in [1.29, 1.82) is 0 Å². The van der Waals surface area contributed by atoms with Gasteiger partial charge in [-0.2, -0.15) is 0 Å². The zero-order valence-corrected chi connectivity index (χ0v) is 7.28. The van der Waals surface area contributed by atoms with Gasteiger partial charge in [-0.25, -0.2) is 0 Å². The number of hydrogen-bond donors (Lipinski definition) is 3. The van der Waals surface area contributed by atoms with E-state index in [1.54, 1.807) is 0 Å². The molecular formula is C8H12O5. The minimum atomic E-state index is -1.54. The number of methoxy groups -OCH3 is 1. The molecule has 13 heavy (non-hydrogen) atoms. The molecule has 0 heterocycles. The molecule has 0 saturated heterocycles. The normalized spacial score (nSPS) is 29.3. The third-order valence-corrected chi connectivity index (χ3v) is 2.00. The van der Waals surface area contributed by atoms with Crippen LogP contribution in [-0.2, 0) is 9.53 Å². The van der Waals surface area contributed by atoms with Crippen LogP contribution in [0.1, 0.15) is 12.8 Å². The summed E-state index contributed by atoms with van der Waals surface area (Å²) in [5, 5.41) is 27.6. The number of carbonyl (C=O) groups is 1. The lowest BCUT2D eigenvalue weighted by atomic mass is 9.87. The van der Waals surface area contributed by atoms with Crippen molar-refractivity contribution < 1.29 is 24.9 Å². The largest absolute Gasteiger partial charge is 0.508 e. The van der Waals surface area contributed by atoms with E-state index in [2.05, 4.69) is 4.74 Å². The summed E-state index contributed by atoms with van der Waals surface area (Å²) in [5.74, 6) is -0.934. The van der Waals surface area contributed by atoms with E-state index in [9.17, 15) is 15.0 Å². The standard InChI is InChI=1S/C8H12O5/c1-13-7-5(10)2-8(12,4-9)3-6(7)11/h9-10,12H,2-4H2,1H3/t8-/m1/s1. The Bertz CT molecular complexity index is 257. The third-order valence-electron chi connectivity index (χ3n) is 2.00. The zero-order valence-electron chi connectivity index (χ0n) is 7.28. The molecule has 0 aromatic carbocycles. The fourth-order valence-corrected chi connectivity index (χ4v) is 1.34. The lowest BCUT2D eigenvalue weighted by Crippen LogP contribution is -2.40. The van der Waals surface area contributed by atoms with Gasteiger partial charge >= 0.3 is 0 Å². The summed E-state index contributed by atoms with van der Waals surface area (Å²) in [4.78, 5) is 11.2. The second kappa shape index (κ2) is 3.35. The van der Waals surface area contributed by atoms with Crippen molar-refractivity contribution >= 4 is 5.78 Å². The second-order valence-electron chi connectivity index (χ2n) is 3.14. The number of rotatable bonds is 2. The van der Waals surface area contributed by atoms with Gasteiger partial charge in [0.1, 0.15) is 11.4 Å². The molecule has 0 aliphatic heterocycles. The average Bonchev–Trinajstić information content (AvgIpc) is 2.03. The molecule has 1 aliphatic rings. The Labute approximate surface area is 75.3 Å². The number of ether oxygens (including phenoxy) is 1. The summed E-state index contributed by atoms with van der Waals surface area (Å²) in [5.41, 5.74) is -1.54. The fraction of sp³-hybridized carbons (Fsp3) is 0.625. The van der Waals surface area contributed by atoms with Gasteiger partial charge in [-0.05, 0) is 0 Å². The first-order chi connectivity index (χ1) is 6.02.